The molecule has 0 saturated carbocycles. The molecule has 7 nitrogen and oxygen atoms in total. The second-order valence-electron chi connectivity index (χ2n) is 5.55. The van der Waals surface area contributed by atoms with Gasteiger partial charge in [-0.15, -0.1) is 0 Å². The van der Waals surface area contributed by atoms with Crippen molar-refractivity contribution in [3.63, 3.8) is 0 Å². The molecule has 0 atom stereocenters. The number of guanidine groups is 1. The van der Waals surface area contributed by atoms with Crippen LogP contribution in [0.1, 0.15) is 12.0 Å². The van der Waals surface area contributed by atoms with E-state index in [0.29, 0.717) is 42.6 Å². The Kier molecular flexibility index (Phi) is 7.42. The van der Waals surface area contributed by atoms with Crippen molar-refractivity contribution in [2.75, 3.05) is 32.4 Å². The summed E-state index contributed by atoms with van der Waals surface area (Å²) in [5.74, 6) is 0.613. The average molecular weight is 411 g/mol. The van der Waals surface area contributed by atoms with Gasteiger partial charge in [-0.25, -0.2) is 12.7 Å². The van der Waals surface area contributed by atoms with Crippen LogP contribution >= 0.6 is 11.6 Å². The summed E-state index contributed by atoms with van der Waals surface area (Å²) in [6, 6.07) is 4.36. The minimum atomic E-state index is -3.14. The van der Waals surface area contributed by atoms with Crippen molar-refractivity contribution in [3.8, 4) is 5.75 Å². The van der Waals surface area contributed by atoms with Crippen LogP contribution in [0.5, 0.6) is 5.75 Å². The maximum Gasteiger partial charge on any atom is 0.387 e. The van der Waals surface area contributed by atoms with Gasteiger partial charge in [0.1, 0.15) is 5.75 Å². The second-order valence-corrected chi connectivity index (χ2v) is 8.08. The van der Waals surface area contributed by atoms with E-state index in [1.165, 1.54) is 22.5 Å². The van der Waals surface area contributed by atoms with Crippen molar-refractivity contribution < 1.29 is 21.9 Å². The molecule has 2 N–H and O–H groups in total. The fourth-order valence-electron chi connectivity index (χ4n) is 2.54. The maximum atomic E-state index is 12.5. The summed E-state index contributed by atoms with van der Waals surface area (Å²) in [5, 5.41) is 6.34. The third kappa shape index (κ3) is 5.96. The Morgan fingerprint density at radius 1 is 1.42 bits per heavy atom. The topological polar surface area (TPSA) is 83.0 Å². The SMILES string of the molecule is CN=C(NCCN1CCCS1(=O)=O)NCc1cc(Cl)ccc1OC(F)F. The smallest absolute Gasteiger partial charge is 0.387 e. The van der Waals surface area contributed by atoms with Crippen molar-refractivity contribution in [1.29, 1.82) is 0 Å². The highest BCUT2D eigenvalue weighted by Gasteiger charge is 2.27. The Bertz CT molecular complexity index is 746. The summed E-state index contributed by atoms with van der Waals surface area (Å²) < 4.78 is 54.3. The number of benzene rings is 1. The van der Waals surface area contributed by atoms with Crippen molar-refractivity contribution in [1.82, 2.24) is 14.9 Å². The first-order chi connectivity index (χ1) is 12.3. The zero-order chi connectivity index (χ0) is 19.2. The van der Waals surface area contributed by atoms with Crippen molar-refractivity contribution in [3.05, 3.63) is 28.8 Å². The molecule has 1 aromatic carbocycles. The highest BCUT2D eigenvalue weighted by molar-refractivity contribution is 7.89. The number of alkyl halides is 2. The van der Waals surface area contributed by atoms with Gasteiger partial charge in [-0.05, 0) is 24.6 Å². The zero-order valence-corrected chi connectivity index (χ0v) is 15.8. The number of halogens is 3. The summed E-state index contributed by atoms with van der Waals surface area (Å²) in [6.45, 7) is -1.55. The first kappa shape index (κ1) is 20.7. The van der Waals surface area contributed by atoms with Gasteiger partial charge in [-0.1, -0.05) is 11.6 Å². The van der Waals surface area contributed by atoms with E-state index in [2.05, 4.69) is 20.4 Å². The van der Waals surface area contributed by atoms with Gasteiger partial charge in [-0.3, -0.25) is 4.99 Å². The summed E-state index contributed by atoms with van der Waals surface area (Å²) in [5.41, 5.74) is 0.447. The summed E-state index contributed by atoms with van der Waals surface area (Å²) in [7, 11) is -1.59. The minimum absolute atomic E-state index is 0.0236. The Balaban J connectivity index is 1.88. The molecule has 0 spiro atoms. The van der Waals surface area contributed by atoms with Crippen molar-refractivity contribution in [2.45, 2.75) is 19.6 Å². The molecular formula is C15H21ClF2N4O3S. The van der Waals surface area contributed by atoms with E-state index in [4.69, 9.17) is 11.6 Å². The molecule has 1 fully saturated rings. The van der Waals surface area contributed by atoms with E-state index in [-0.39, 0.29) is 18.0 Å². The van der Waals surface area contributed by atoms with E-state index in [1.807, 2.05) is 0 Å². The van der Waals surface area contributed by atoms with Crippen LogP contribution in [0.2, 0.25) is 5.02 Å². The number of aliphatic imine (C=N–C) groups is 1. The first-order valence-corrected chi connectivity index (χ1v) is 9.96. The highest BCUT2D eigenvalue weighted by Crippen LogP contribution is 2.24. The van der Waals surface area contributed by atoms with Gasteiger partial charge < -0.3 is 15.4 Å². The van der Waals surface area contributed by atoms with E-state index < -0.39 is 16.6 Å². The van der Waals surface area contributed by atoms with Crippen LogP contribution in [0.25, 0.3) is 0 Å². The lowest BCUT2D eigenvalue weighted by atomic mass is 10.2. The zero-order valence-electron chi connectivity index (χ0n) is 14.2. The van der Waals surface area contributed by atoms with Crippen molar-refractivity contribution >= 4 is 27.6 Å². The van der Waals surface area contributed by atoms with Crippen LogP contribution < -0.4 is 15.4 Å². The number of nitrogens with zero attached hydrogens (tertiary/aromatic N) is 2. The predicted molar refractivity (Wildman–Crippen MR) is 96.3 cm³/mol. The standard InChI is InChI=1S/C15H21ClF2N4O3S/c1-19-15(20-5-7-22-6-2-8-26(22,23)24)21-10-11-9-12(16)3-4-13(11)25-14(17)18/h3-4,9,14H,2,5-8,10H2,1H3,(H2,19,20,21). The van der Waals surface area contributed by atoms with E-state index in [1.54, 1.807) is 7.05 Å². The quantitative estimate of drug-likeness (QED) is 0.527. The molecule has 1 heterocycles. The monoisotopic (exact) mass is 410 g/mol. The molecule has 0 radical (unpaired) electrons. The summed E-state index contributed by atoms with van der Waals surface area (Å²) in [6.07, 6.45) is 0.636. The highest BCUT2D eigenvalue weighted by atomic mass is 35.5. The lowest BCUT2D eigenvalue weighted by Gasteiger charge is -2.17. The molecule has 1 aromatic rings. The van der Waals surface area contributed by atoms with Gasteiger partial charge in [0.25, 0.3) is 0 Å². The molecule has 0 amide bonds. The van der Waals surface area contributed by atoms with Gasteiger partial charge >= 0.3 is 6.61 Å². The third-order valence-corrected chi connectivity index (χ3v) is 5.96. The molecule has 0 aromatic heterocycles. The van der Waals surface area contributed by atoms with E-state index in [9.17, 15) is 17.2 Å². The van der Waals surface area contributed by atoms with Gasteiger partial charge in [-0.2, -0.15) is 8.78 Å². The molecule has 1 saturated heterocycles. The summed E-state index contributed by atoms with van der Waals surface area (Å²) >= 11 is 5.91. The van der Waals surface area contributed by atoms with Crippen LogP contribution in [-0.4, -0.2) is 57.7 Å². The molecule has 26 heavy (non-hydrogen) atoms. The third-order valence-electron chi connectivity index (χ3n) is 3.77. The molecule has 11 heteroatoms. The minimum Gasteiger partial charge on any atom is -0.434 e. The Morgan fingerprint density at radius 3 is 2.81 bits per heavy atom. The normalized spacial score (nSPS) is 17.5. The van der Waals surface area contributed by atoms with Crippen molar-refractivity contribution in [2.24, 2.45) is 4.99 Å². The Hall–Kier alpha value is -1.65. The second kappa shape index (κ2) is 9.33. The van der Waals surface area contributed by atoms with Gasteiger partial charge in [0.2, 0.25) is 10.0 Å². The van der Waals surface area contributed by atoms with Gasteiger partial charge in [0.05, 0.1) is 5.75 Å². The Labute approximate surface area is 156 Å². The van der Waals surface area contributed by atoms with Gasteiger partial charge in [0, 0.05) is 43.8 Å². The fourth-order valence-corrected chi connectivity index (χ4v) is 4.26. The molecule has 1 aliphatic rings. The number of hydrogen-bond donors (Lipinski definition) is 2. The lowest BCUT2D eigenvalue weighted by Crippen LogP contribution is -2.41. The first-order valence-electron chi connectivity index (χ1n) is 7.97. The van der Waals surface area contributed by atoms with Crippen LogP contribution in [-0.2, 0) is 16.6 Å². The predicted octanol–water partition coefficient (Wildman–Crippen LogP) is 1.64. The van der Waals surface area contributed by atoms with E-state index in [0.717, 1.165) is 0 Å². The fraction of sp³-hybridized carbons (Fsp3) is 0.533. The maximum absolute atomic E-state index is 12.5. The van der Waals surface area contributed by atoms with Crippen LogP contribution in [0.15, 0.2) is 23.2 Å². The number of ether oxygens (including phenoxy) is 1. The molecular weight excluding hydrogens is 390 g/mol. The molecule has 0 unspecified atom stereocenters. The molecule has 146 valence electrons. The van der Waals surface area contributed by atoms with Crippen LogP contribution in [0.3, 0.4) is 0 Å². The average Bonchev–Trinajstić information content (AvgIpc) is 2.91. The molecule has 1 aliphatic heterocycles. The number of rotatable bonds is 7. The van der Waals surface area contributed by atoms with Crippen LogP contribution in [0, 0.1) is 0 Å². The number of sulfonamides is 1. The molecule has 0 aliphatic carbocycles. The molecule has 2 rings (SSSR count). The number of hydrogen-bond acceptors (Lipinski definition) is 4. The molecule has 0 bridgehead atoms. The van der Waals surface area contributed by atoms with E-state index >= 15 is 0 Å². The largest absolute Gasteiger partial charge is 0.434 e. The summed E-state index contributed by atoms with van der Waals surface area (Å²) in [4.78, 5) is 4.02. The van der Waals surface area contributed by atoms with Crippen LogP contribution in [0.4, 0.5) is 8.78 Å². The Morgan fingerprint density at radius 2 is 2.19 bits per heavy atom. The lowest BCUT2D eigenvalue weighted by molar-refractivity contribution is -0.0504. The number of nitrogens with one attached hydrogen (secondary N) is 2. The van der Waals surface area contributed by atoms with Gasteiger partial charge in [0.15, 0.2) is 5.96 Å².